The molecule has 12 heteroatoms. The third-order valence-electron chi connectivity index (χ3n) is 9.67. The molecule has 1 aromatic carbocycles. The van der Waals surface area contributed by atoms with Crippen molar-refractivity contribution >= 4 is 23.6 Å². The molecule has 1 N–H and O–H groups in total. The number of hydrogen-bond donors (Lipinski definition) is 1. The van der Waals surface area contributed by atoms with Crippen molar-refractivity contribution in [1.29, 1.82) is 5.26 Å². The minimum Gasteiger partial charge on any atom is -0.380 e. The Labute approximate surface area is 275 Å². The third-order valence-corrected chi connectivity index (χ3v) is 9.67. The molecule has 0 unspecified atom stereocenters. The fourth-order valence-electron chi connectivity index (χ4n) is 6.99. The van der Waals surface area contributed by atoms with Crippen LogP contribution in [-0.4, -0.2) is 81.1 Å². The number of urea groups is 1. The number of benzene rings is 1. The predicted molar refractivity (Wildman–Crippen MR) is 179 cm³/mol. The van der Waals surface area contributed by atoms with Gasteiger partial charge in [0.2, 0.25) is 5.95 Å². The molecule has 12 nitrogen and oxygen atoms in total. The van der Waals surface area contributed by atoms with Crippen LogP contribution >= 0.6 is 0 Å². The van der Waals surface area contributed by atoms with Gasteiger partial charge in [0.05, 0.1) is 25.6 Å². The number of pyridine rings is 1. The topological polar surface area (TPSA) is 128 Å². The molecule has 0 bridgehead atoms. The summed E-state index contributed by atoms with van der Waals surface area (Å²) in [6.45, 7) is 3.76. The van der Waals surface area contributed by atoms with Gasteiger partial charge in [-0.25, -0.2) is 14.8 Å². The van der Waals surface area contributed by atoms with Gasteiger partial charge in [0, 0.05) is 74.7 Å². The molecule has 2 saturated heterocycles. The molecule has 1 aliphatic carbocycles. The third kappa shape index (κ3) is 6.49. The van der Waals surface area contributed by atoms with Crippen molar-refractivity contribution in [2.24, 2.45) is 12.5 Å². The van der Waals surface area contributed by atoms with Crippen LogP contribution in [0.25, 0.3) is 11.1 Å². The largest absolute Gasteiger partial charge is 0.380 e. The number of carbonyl (C=O) groups is 1. The molecule has 1 spiro atoms. The van der Waals surface area contributed by atoms with Crippen LogP contribution in [0.15, 0.2) is 67.3 Å². The quantitative estimate of drug-likeness (QED) is 0.290. The number of carbonyl (C=O) groups excluding carboxylic acids is 1. The minimum atomic E-state index is -0.0767. The smallest absolute Gasteiger partial charge is 0.325 e. The first-order valence-electron chi connectivity index (χ1n) is 16.3. The van der Waals surface area contributed by atoms with Gasteiger partial charge < -0.3 is 19.9 Å². The first kappa shape index (κ1) is 30.6. The lowest BCUT2D eigenvalue weighted by Gasteiger charge is -2.38. The molecular weight excluding hydrogens is 592 g/mol. The molecule has 3 aromatic heterocycles. The number of nitriles is 1. The molecule has 47 heavy (non-hydrogen) atoms. The number of ether oxygens (including phenoxy) is 1. The van der Waals surface area contributed by atoms with Crippen LogP contribution in [0.4, 0.5) is 22.4 Å². The van der Waals surface area contributed by atoms with Crippen molar-refractivity contribution in [1.82, 2.24) is 29.6 Å². The van der Waals surface area contributed by atoms with Crippen LogP contribution in [0.5, 0.6) is 0 Å². The highest BCUT2D eigenvalue weighted by molar-refractivity contribution is 5.91. The zero-order valence-corrected chi connectivity index (χ0v) is 26.9. The van der Waals surface area contributed by atoms with Crippen LogP contribution in [0.3, 0.4) is 0 Å². The van der Waals surface area contributed by atoms with Gasteiger partial charge in [-0.15, -0.1) is 0 Å². The molecule has 2 aliphatic heterocycles. The van der Waals surface area contributed by atoms with E-state index in [-0.39, 0.29) is 23.5 Å². The number of anilines is 3. The van der Waals surface area contributed by atoms with Crippen molar-refractivity contribution in [3.05, 3.63) is 78.4 Å². The maximum absolute atomic E-state index is 14.1. The summed E-state index contributed by atoms with van der Waals surface area (Å²) in [5.74, 6) is 1.87. The van der Waals surface area contributed by atoms with Crippen LogP contribution in [-0.2, 0) is 18.3 Å². The van der Waals surface area contributed by atoms with E-state index in [1.54, 1.807) is 15.8 Å². The lowest BCUT2D eigenvalue weighted by atomic mass is 9.85. The average molecular weight is 633 g/mol. The maximum Gasteiger partial charge on any atom is 0.325 e. The van der Waals surface area contributed by atoms with E-state index in [1.165, 1.54) is 0 Å². The van der Waals surface area contributed by atoms with Crippen LogP contribution in [0.1, 0.15) is 43.2 Å². The Hall–Kier alpha value is -5.02. The summed E-state index contributed by atoms with van der Waals surface area (Å²) in [5.41, 5.74) is 3.68. The lowest BCUT2D eigenvalue weighted by Crippen LogP contribution is -2.49. The normalized spacial score (nSPS) is 20.0. The fraction of sp³-hybridized carbons (Fsp3) is 0.429. The second-order valence-corrected chi connectivity index (χ2v) is 13.2. The van der Waals surface area contributed by atoms with Crippen molar-refractivity contribution in [2.45, 2.75) is 50.7 Å². The Morgan fingerprint density at radius 3 is 2.51 bits per heavy atom. The van der Waals surface area contributed by atoms with E-state index in [9.17, 15) is 10.1 Å². The second-order valence-electron chi connectivity index (χ2n) is 13.2. The second kappa shape index (κ2) is 13.0. The number of nitrogens with one attached hydrogen (secondary N) is 1. The van der Waals surface area contributed by atoms with Gasteiger partial charge in [-0.1, -0.05) is 30.3 Å². The van der Waals surface area contributed by atoms with Gasteiger partial charge >= 0.3 is 6.03 Å². The number of nitrogens with zero attached hydrogens (tertiary/aromatic N) is 9. The van der Waals surface area contributed by atoms with E-state index >= 15 is 0 Å². The van der Waals surface area contributed by atoms with E-state index in [0.29, 0.717) is 29.7 Å². The summed E-state index contributed by atoms with van der Waals surface area (Å²) in [6.07, 6.45) is 11.5. The zero-order chi connectivity index (χ0) is 32.4. The summed E-state index contributed by atoms with van der Waals surface area (Å²) in [5, 5.41) is 17.6. The Morgan fingerprint density at radius 2 is 1.87 bits per heavy atom. The number of rotatable bonds is 8. The van der Waals surface area contributed by atoms with Gasteiger partial charge in [-0.3, -0.25) is 9.58 Å². The molecular formula is C35H40N10O2. The fourth-order valence-corrected chi connectivity index (χ4v) is 6.99. The molecule has 4 aromatic rings. The molecule has 3 fully saturated rings. The lowest BCUT2D eigenvalue weighted by molar-refractivity contribution is -0.0985. The number of aromatic nitrogens is 5. The van der Waals surface area contributed by atoms with Gasteiger partial charge in [0.1, 0.15) is 17.5 Å². The number of aryl methyl sites for hydroxylation is 1. The van der Waals surface area contributed by atoms with Gasteiger partial charge in [-0.2, -0.15) is 15.3 Å². The predicted octanol–water partition coefficient (Wildman–Crippen LogP) is 4.85. The SMILES string of the molecule is CN(Cc1ccccc1)C(=O)N(c1ccc(-c2cnn(C)c2)cn1)C1CCC(Nc2ncc(C#N)c(N3CCC4(COC4)C3)n2)CC1. The summed E-state index contributed by atoms with van der Waals surface area (Å²) in [7, 11) is 3.73. The van der Waals surface area contributed by atoms with Crippen molar-refractivity contribution in [3.63, 3.8) is 0 Å². The first-order valence-corrected chi connectivity index (χ1v) is 16.3. The molecule has 3 aliphatic rings. The molecule has 7 rings (SSSR count). The molecule has 2 amide bonds. The highest BCUT2D eigenvalue weighted by Gasteiger charge is 2.45. The first-order chi connectivity index (χ1) is 22.9. The summed E-state index contributed by atoms with van der Waals surface area (Å²) in [6, 6.07) is 16.3. The Balaban J connectivity index is 1.06. The van der Waals surface area contributed by atoms with Crippen LogP contribution in [0.2, 0.25) is 0 Å². The van der Waals surface area contributed by atoms with E-state index < -0.39 is 0 Å². The molecule has 5 heterocycles. The summed E-state index contributed by atoms with van der Waals surface area (Å²) < 4.78 is 7.25. The van der Waals surface area contributed by atoms with Gasteiger partial charge in [0.15, 0.2) is 5.82 Å². The Morgan fingerprint density at radius 1 is 1.06 bits per heavy atom. The molecule has 0 atom stereocenters. The summed E-state index contributed by atoms with van der Waals surface area (Å²) in [4.78, 5) is 34.0. The van der Waals surface area contributed by atoms with E-state index in [1.807, 2.05) is 80.1 Å². The van der Waals surface area contributed by atoms with Gasteiger partial charge in [0.25, 0.3) is 0 Å². The molecule has 242 valence electrons. The van der Waals surface area contributed by atoms with Crippen LogP contribution in [0, 0.1) is 16.7 Å². The molecule has 0 radical (unpaired) electrons. The Kier molecular flexibility index (Phi) is 8.47. The highest BCUT2D eigenvalue weighted by atomic mass is 16.5. The number of amides is 2. The highest BCUT2D eigenvalue weighted by Crippen LogP contribution is 2.40. The zero-order valence-electron chi connectivity index (χ0n) is 26.9. The van der Waals surface area contributed by atoms with Crippen molar-refractivity contribution in [3.8, 4) is 17.2 Å². The molecule has 1 saturated carbocycles. The van der Waals surface area contributed by atoms with E-state index in [0.717, 1.165) is 75.1 Å². The maximum atomic E-state index is 14.1. The Bertz CT molecular complexity index is 1740. The van der Waals surface area contributed by atoms with E-state index in [4.69, 9.17) is 14.7 Å². The van der Waals surface area contributed by atoms with Crippen molar-refractivity contribution in [2.75, 3.05) is 48.5 Å². The minimum absolute atomic E-state index is 0.0153. The standard InChI is InChI=1S/C35H40N10O2/c1-42(20-25-6-4-3-5-7-25)34(46)45(31-13-8-26(17-37-31)28-19-39-43(2)21-28)30-11-9-29(10-12-30)40-33-38-18-27(16-36)32(41-33)44-15-14-35(22-44)23-47-24-35/h3-8,13,17-19,21,29-30H,9-12,14-15,20,22-24H2,1-2H3,(H,38,40,41). The van der Waals surface area contributed by atoms with E-state index in [2.05, 4.69) is 26.4 Å². The van der Waals surface area contributed by atoms with Crippen LogP contribution < -0.4 is 15.1 Å². The average Bonchev–Trinajstić information content (AvgIpc) is 3.74. The monoisotopic (exact) mass is 632 g/mol. The number of hydrogen-bond acceptors (Lipinski definition) is 9. The van der Waals surface area contributed by atoms with Gasteiger partial charge in [-0.05, 0) is 49.8 Å². The van der Waals surface area contributed by atoms with Crippen molar-refractivity contribution < 1.29 is 9.53 Å². The summed E-state index contributed by atoms with van der Waals surface area (Å²) >= 11 is 0.